The maximum atomic E-state index is 9.99. The van der Waals surface area contributed by atoms with E-state index in [2.05, 4.69) is 0 Å². The molecular formula is C13H18ClNO. The third-order valence-electron chi connectivity index (χ3n) is 3.62. The van der Waals surface area contributed by atoms with Gasteiger partial charge in [0.25, 0.3) is 0 Å². The van der Waals surface area contributed by atoms with Gasteiger partial charge in [0.05, 0.1) is 0 Å². The number of phenolic OH excluding ortho intramolecular Hbond substituents is 1. The summed E-state index contributed by atoms with van der Waals surface area (Å²) in [5, 5.41) is 10.7. The minimum absolute atomic E-state index is 0.284. The summed E-state index contributed by atoms with van der Waals surface area (Å²) in [6.07, 6.45) is 5.35. The molecule has 0 atom stereocenters. The van der Waals surface area contributed by atoms with E-state index < -0.39 is 5.54 Å². The van der Waals surface area contributed by atoms with Gasteiger partial charge >= 0.3 is 0 Å². The van der Waals surface area contributed by atoms with Crippen molar-refractivity contribution in [3.63, 3.8) is 0 Å². The minimum Gasteiger partial charge on any atom is -0.508 e. The quantitative estimate of drug-likeness (QED) is 0.788. The van der Waals surface area contributed by atoms with Crippen LogP contribution < -0.4 is 5.73 Å². The molecule has 1 saturated carbocycles. The van der Waals surface area contributed by atoms with Crippen molar-refractivity contribution in [3.05, 3.63) is 28.3 Å². The van der Waals surface area contributed by atoms with E-state index in [9.17, 15) is 5.11 Å². The lowest BCUT2D eigenvalue weighted by atomic mass is 9.75. The van der Waals surface area contributed by atoms with Crippen molar-refractivity contribution in [1.82, 2.24) is 0 Å². The van der Waals surface area contributed by atoms with E-state index in [4.69, 9.17) is 17.3 Å². The fourth-order valence-electron chi connectivity index (χ4n) is 2.73. The first kappa shape index (κ1) is 11.7. The molecule has 88 valence electrons. The van der Waals surface area contributed by atoms with Crippen LogP contribution >= 0.6 is 11.6 Å². The second-order valence-electron chi connectivity index (χ2n) is 4.78. The Morgan fingerprint density at radius 1 is 1.25 bits per heavy atom. The molecule has 0 spiro atoms. The van der Waals surface area contributed by atoms with E-state index in [1.807, 2.05) is 6.92 Å². The number of rotatable bonds is 1. The number of aromatic hydroxyl groups is 1. The molecular weight excluding hydrogens is 222 g/mol. The number of phenols is 1. The van der Waals surface area contributed by atoms with Gasteiger partial charge in [0, 0.05) is 16.1 Å². The molecule has 1 aliphatic carbocycles. The van der Waals surface area contributed by atoms with Gasteiger partial charge in [-0.1, -0.05) is 30.9 Å². The highest BCUT2D eigenvalue weighted by atomic mass is 35.5. The second-order valence-corrected chi connectivity index (χ2v) is 5.19. The molecule has 0 heterocycles. The Balaban J connectivity index is 2.49. The molecule has 3 N–H and O–H groups in total. The van der Waals surface area contributed by atoms with Crippen LogP contribution in [-0.4, -0.2) is 5.11 Å². The summed E-state index contributed by atoms with van der Waals surface area (Å²) in [5.41, 5.74) is 7.81. The largest absolute Gasteiger partial charge is 0.508 e. The first-order chi connectivity index (χ1) is 7.54. The molecule has 0 radical (unpaired) electrons. The molecule has 3 heteroatoms. The topological polar surface area (TPSA) is 46.2 Å². The lowest BCUT2D eigenvalue weighted by Crippen LogP contribution is -2.39. The molecule has 16 heavy (non-hydrogen) atoms. The van der Waals surface area contributed by atoms with Crippen molar-refractivity contribution in [2.45, 2.75) is 44.6 Å². The third kappa shape index (κ3) is 1.92. The number of benzene rings is 1. The van der Waals surface area contributed by atoms with E-state index in [0.29, 0.717) is 5.02 Å². The van der Waals surface area contributed by atoms with Gasteiger partial charge in [0.15, 0.2) is 0 Å². The number of hydrogen-bond donors (Lipinski definition) is 2. The van der Waals surface area contributed by atoms with Crippen LogP contribution in [0.3, 0.4) is 0 Å². The Hall–Kier alpha value is -0.730. The predicted molar refractivity (Wildman–Crippen MR) is 66.8 cm³/mol. The van der Waals surface area contributed by atoms with Crippen molar-refractivity contribution >= 4 is 11.6 Å². The lowest BCUT2D eigenvalue weighted by Gasteiger charge is -2.35. The van der Waals surface area contributed by atoms with Crippen LogP contribution in [0.2, 0.25) is 5.02 Å². The van der Waals surface area contributed by atoms with Gasteiger partial charge in [-0.2, -0.15) is 0 Å². The smallest absolute Gasteiger partial charge is 0.121 e. The second kappa shape index (κ2) is 4.27. The van der Waals surface area contributed by atoms with Crippen molar-refractivity contribution in [1.29, 1.82) is 0 Å². The molecule has 1 fully saturated rings. The summed E-state index contributed by atoms with van der Waals surface area (Å²) in [6, 6.07) is 3.37. The summed E-state index contributed by atoms with van der Waals surface area (Å²) in [4.78, 5) is 0. The Labute approximate surface area is 101 Å². The summed E-state index contributed by atoms with van der Waals surface area (Å²) >= 11 is 6.10. The Kier molecular flexibility index (Phi) is 3.13. The van der Waals surface area contributed by atoms with E-state index in [-0.39, 0.29) is 5.75 Å². The van der Waals surface area contributed by atoms with E-state index >= 15 is 0 Å². The lowest BCUT2D eigenvalue weighted by molar-refractivity contribution is 0.291. The average molecular weight is 240 g/mol. The van der Waals surface area contributed by atoms with E-state index in [1.165, 1.54) is 6.42 Å². The zero-order chi connectivity index (χ0) is 11.8. The van der Waals surface area contributed by atoms with Crippen LogP contribution in [0, 0.1) is 6.92 Å². The zero-order valence-corrected chi connectivity index (χ0v) is 10.3. The number of nitrogens with two attached hydrogens (primary N) is 1. The van der Waals surface area contributed by atoms with Gasteiger partial charge in [-0.3, -0.25) is 0 Å². The molecule has 0 saturated heterocycles. The van der Waals surface area contributed by atoms with Crippen LogP contribution in [0.4, 0.5) is 0 Å². The van der Waals surface area contributed by atoms with Crippen LogP contribution in [-0.2, 0) is 5.54 Å². The summed E-state index contributed by atoms with van der Waals surface area (Å²) in [7, 11) is 0. The van der Waals surface area contributed by atoms with Gasteiger partial charge in [-0.05, 0) is 37.5 Å². The van der Waals surface area contributed by atoms with E-state index in [0.717, 1.165) is 36.8 Å². The van der Waals surface area contributed by atoms with Gasteiger partial charge in [-0.25, -0.2) is 0 Å². The monoisotopic (exact) mass is 239 g/mol. The van der Waals surface area contributed by atoms with Crippen molar-refractivity contribution in [2.24, 2.45) is 5.73 Å². The number of halogens is 1. The highest BCUT2D eigenvalue weighted by Gasteiger charge is 2.33. The maximum Gasteiger partial charge on any atom is 0.121 e. The molecule has 0 unspecified atom stereocenters. The van der Waals surface area contributed by atoms with Crippen LogP contribution in [0.15, 0.2) is 12.1 Å². The molecule has 0 bridgehead atoms. The van der Waals surface area contributed by atoms with Crippen LogP contribution in [0.25, 0.3) is 0 Å². The molecule has 1 aliphatic rings. The minimum atomic E-state index is -0.392. The van der Waals surface area contributed by atoms with Crippen molar-refractivity contribution < 1.29 is 5.11 Å². The summed E-state index contributed by atoms with van der Waals surface area (Å²) in [6.45, 7) is 1.93. The standard InChI is InChI=1S/C13H18ClNO/c1-9-10(14)5-6-11(16)12(9)13(15)7-3-2-4-8-13/h5-6,16H,2-4,7-8,15H2,1H3. The fraction of sp³-hybridized carbons (Fsp3) is 0.538. The van der Waals surface area contributed by atoms with Crippen molar-refractivity contribution in [3.8, 4) is 5.75 Å². The van der Waals surface area contributed by atoms with Crippen molar-refractivity contribution in [2.75, 3.05) is 0 Å². The Bertz CT molecular complexity index is 397. The number of hydrogen-bond acceptors (Lipinski definition) is 2. The molecule has 1 aromatic rings. The molecule has 0 aliphatic heterocycles. The van der Waals surface area contributed by atoms with Crippen LogP contribution in [0.5, 0.6) is 5.75 Å². The van der Waals surface area contributed by atoms with Crippen LogP contribution in [0.1, 0.15) is 43.2 Å². The predicted octanol–water partition coefficient (Wildman–Crippen LogP) is 3.47. The first-order valence-electron chi connectivity index (χ1n) is 5.82. The van der Waals surface area contributed by atoms with Gasteiger partial charge in [0.1, 0.15) is 5.75 Å². The molecule has 2 nitrogen and oxygen atoms in total. The molecule has 0 amide bonds. The van der Waals surface area contributed by atoms with Gasteiger partial charge in [0.2, 0.25) is 0 Å². The highest BCUT2D eigenvalue weighted by Crippen LogP contribution is 2.42. The third-order valence-corrected chi connectivity index (χ3v) is 4.03. The zero-order valence-electron chi connectivity index (χ0n) is 9.59. The van der Waals surface area contributed by atoms with Gasteiger partial charge < -0.3 is 10.8 Å². The molecule has 2 rings (SSSR count). The highest BCUT2D eigenvalue weighted by molar-refractivity contribution is 6.31. The SMILES string of the molecule is Cc1c(Cl)ccc(O)c1C1(N)CCCCC1. The summed E-state index contributed by atoms with van der Waals surface area (Å²) < 4.78 is 0. The molecule has 1 aromatic carbocycles. The normalized spacial score (nSPS) is 19.7. The maximum absolute atomic E-state index is 9.99. The first-order valence-corrected chi connectivity index (χ1v) is 6.20. The Morgan fingerprint density at radius 3 is 2.50 bits per heavy atom. The molecule has 0 aromatic heterocycles. The van der Waals surface area contributed by atoms with Gasteiger partial charge in [-0.15, -0.1) is 0 Å². The average Bonchev–Trinajstić information content (AvgIpc) is 2.25. The Morgan fingerprint density at radius 2 is 1.88 bits per heavy atom. The van der Waals surface area contributed by atoms with E-state index in [1.54, 1.807) is 12.1 Å². The summed E-state index contributed by atoms with van der Waals surface area (Å²) in [5.74, 6) is 0.284. The fourth-order valence-corrected chi connectivity index (χ4v) is 2.89.